The van der Waals surface area contributed by atoms with Gasteiger partial charge in [-0.3, -0.25) is 0 Å². The maximum Gasteiger partial charge on any atom is 0.240 e. The van der Waals surface area contributed by atoms with Crippen molar-refractivity contribution in [3.8, 4) is 0 Å². The Kier molecular flexibility index (Phi) is 5.83. The molecule has 0 saturated carbocycles. The van der Waals surface area contributed by atoms with E-state index < -0.39 is 19.9 Å². The molecule has 2 rings (SSSR count). The first kappa shape index (κ1) is 18.4. The molecule has 1 atom stereocenters. The first-order valence-electron chi connectivity index (χ1n) is 7.71. The second-order valence-corrected chi connectivity index (χ2v) is 9.85. The largest absolute Gasteiger partial charge is 0.316 e. The van der Waals surface area contributed by atoms with Crippen LogP contribution in [0.15, 0.2) is 28.0 Å². The Balaban J connectivity index is 2.09. The highest BCUT2D eigenvalue weighted by Gasteiger charge is 2.20. The van der Waals surface area contributed by atoms with Crippen LogP contribution in [0, 0.1) is 12.8 Å². The molecule has 1 aromatic carbocycles. The number of rotatable bonds is 6. The number of hydrogen-bond donors (Lipinski definition) is 2. The lowest BCUT2D eigenvalue weighted by molar-refractivity contribution is 0.358. The van der Waals surface area contributed by atoms with Crippen LogP contribution in [0.2, 0.25) is 0 Å². The van der Waals surface area contributed by atoms with Gasteiger partial charge in [0.25, 0.3) is 0 Å². The summed E-state index contributed by atoms with van der Waals surface area (Å²) in [6, 6.07) is 4.18. The number of benzene rings is 1. The van der Waals surface area contributed by atoms with Gasteiger partial charge in [-0.1, -0.05) is 6.07 Å². The Morgan fingerprint density at radius 3 is 2.61 bits per heavy atom. The molecule has 0 aromatic heterocycles. The Labute approximate surface area is 138 Å². The van der Waals surface area contributed by atoms with Gasteiger partial charge in [-0.2, -0.15) is 0 Å². The van der Waals surface area contributed by atoms with Crippen molar-refractivity contribution in [1.29, 1.82) is 0 Å². The average Bonchev–Trinajstić information content (AvgIpc) is 2.47. The zero-order chi connectivity index (χ0) is 17.1. The Hall–Kier alpha value is -0.960. The molecule has 1 heterocycles. The third-order valence-corrected chi connectivity index (χ3v) is 6.83. The van der Waals surface area contributed by atoms with E-state index in [4.69, 9.17) is 0 Å². The fourth-order valence-corrected chi connectivity index (χ4v) is 4.78. The predicted molar refractivity (Wildman–Crippen MR) is 89.7 cm³/mol. The molecule has 1 fully saturated rings. The van der Waals surface area contributed by atoms with Crippen LogP contribution in [0.3, 0.4) is 0 Å². The highest BCUT2D eigenvalue weighted by Crippen LogP contribution is 2.20. The summed E-state index contributed by atoms with van der Waals surface area (Å²) in [5.74, 6) is 0.481. The number of nitrogens with one attached hydrogen (secondary N) is 2. The number of piperidine rings is 1. The summed E-state index contributed by atoms with van der Waals surface area (Å²) in [4.78, 5) is 0.0437. The number of sulfonamides is 1. The van der Waals surface area contributed by atoms with Crippen LogP contribution in [-0.2, 0) is 19.9 Å². The summed E-state index contributed by atoms with van der Waals surface area (Å²) in [5, 5.41) is 3.30. The lowest BCUT2D eigenvalue weighted by atomic mass is 9.96. The van der Waals surface area contributed by atoms with Gasteiger partial charge in [-0.15, -0.1) is 0 Å². The van der Waals surface area contributed by atoms with Crippen molar-refractivity contribution in [2.75, 3.05) is 25.9 Å². The smallest absolute Gasteiger partial charge is 0.240 e. The molecule has 1 aliphatic rings. The van der Waals surface area contributed by atoms with Crippen LogP contribution in [0.4, 0.5) is 0 Å². The van der Waals surface area contributed by atoms with Crippen LogP contribution in [0.1, 0.15) is 24.8 Å². The Morgan fingerprint density at radius 2 is 2.00 bits per heavy atom. The van der Waals surface area contributed by atoms with Gasteiger partial charge in [-0.25, -0.2) is 21.6 Å². The van der Waals surface area contributed by atoms with Crippen molar-refractivity contribution in [1.82, 2.24) is 10.0 Å². The highest BCUT2D eigenvalue weighted by atomic mass is 32.2. The zero-order valence-electron chi connectivity index (χ0n) is 13.5. The third-order valence-electron chi connectivity index (χ3n) is 4.12. The Bertz CT molecular complexity index is 752. The van der Waals surface area contributed by atoms with E-state index in [9.17, 15) is 16.8 Å². The first-order chi connectivity index (χ1) is 10.7. The van der Waals surface area contributed by atoms with E-state index in [0.717, 1.165) is 38.6 Å². The quantitative estimate of drug-likeness (QED) is 0.792. The monoisotopic (exact) mass is 360 g/mol. The molecule has 2 N–H and O–H groups in total. The molecule has 0 bridgehead atoms. The molecule has 1 saturated heterocycles. The van der Waals surface area contributed by atoms with E-state index in [1.54, 1.807) is 6.92 Å². The summed E-state index contributed by atoms with van der Waals surface area (Å²) >= 11 is 0. The normalized spacial score (nSPS) is 19.7. The first-order valence-corrected chi connectivity index (χ1v) is 11.1. The van der Waals surface area contributed by atoms with Gasteiger partial charge in [0, 0.05) is 12.8 Å². The predicted octanol–water partition coefficient (Wildman–Crippen LogP) is 1.07. The topological polar surface area (TPSA) is 92.3 Å². The van der Waals surface area contributed by atoms with E-state index in [0.29, 0.717) is 18.0 Å². The summed E-state index contributed by atoms with van der Waals surface area (Å²) in [6.07, 6.45) is 4.07. The van der Waals surface area contributed by atoms with Gasteiger partial charge < -0.3 is 5.32 Å². The number of hydrogen-bond acceptors (Lipinski definition) is 5. The molecule has 23 heavy (non-hydrogen) atoms. The summed E-state index contributed by atoms with van der Waals surface area (Å²) in [5.41, 5.74) is 0.532. The van der Waals surface area contributed by atoms with Crippen molar-refractivity contribution in [3.63, 3.8) is 0 Å². The molecular weight excluding hydrogens is 336 g/mol. The van der Waals surface area contributed by atoms with Crippen LogP contribution < -0.4 is 10.0 Å². The van der Waals surface area contributed by atoms with E-state index in [1.165, 1.54) is 18.2 Å². The van der Waals surface area contributed by atoms with Crippen LogP contribution in [0.5, 0.6) is 0 Å². The van der Waals surface area contributed by atoms with Crippen molar-refractivity contribution >= 4 is 19.9 Å². The number of sulfone groups is 1. The summed E-state index contributed by atoms with van der Waals surface area (Å²) in [7, 11) is -7.15. The van der Waals surface area contributed by atoms with Crippen molar-refractivity contribution in [3.05, 3.63) is 23.8 Å². The van der Waals surface area contributed by atoms with Crippen LogP contribution in [-0.4, -0.2) is 42.7 Å². The van der Waals surface area contributed by atoms with E-state index in [1.807, 2.05) is 0 Å². The third kappa shape index (κ3) is 5.00. The molecule has 1 unspecified atom stereocenters. The standard InChI is InChI=1S/C15H24N2O4S2/c1-12-5-6-14(22(2,18)19)10-15(12)23(20,21)17-9-7-13-4-3-8-16-11-13/h5-6,10,13,16-17H,3-4,7-9,11H2,1-2H3. The number of aryl methyl sites for hydroxylation is 1. The van der Waals surface area contributed by atoms with Gasteiger partial charge in [0.15, 0.2) is 9.84 Å². The maximum atomic E-state index is 12.5. The SMILES string of the molecule is Cc1ccc(S(C)(=O)=O)cc1S(=O)(=O)NCCC1CCCNC1. The van der Waals surface area contributed by atoms with Gasteiger partial charge in [0.05, 0.1) is 9.79 Å². The lowest BCUT2D eigenvalue weighted by Gasteiger charge is -2.22. The lowest BCUT2D eigenvalue weighted by Crippen LogP contribution is -2.33. The minimum atomic E-state index is -3.71. The second-order valence-electron chi connectivity index (χ2n) is 6.10. The molecule has 1 aromatic rings. The van der Waals surface area contributed by atoms with Gasteiger partial charge in [-0.05, 0) is 62.9 Å². The minimum Gasteiger partial charge on any atom is -0.316 e. The molecule has 0 radical (unpaired) electrons. The minimum absolute atomic E-state index is 0.0138. The average molecular weight is 361 g/mol. The van der Waals surface area contributed by atoms with Gasteiger partial charge in [0.1, 0.15) is 0 Å². The van der Waals surface area contributed by atoms with Crippen molar-refractivity contribution in [2.24, 2.45) is 5.92 Å². The van der Waals surface area contributed by atoms with Gasteiger partial charge in [0.2, 0.25) is 10.0 Å². The summed E-state index contributed by atoms with van der Waals surface area (Å²) < 4.78 is 50.7. The van der Waals surface area contributed by atoms with Gasteiger partial charge >= 0.3 is 0 Å². The fraction of sp³-hybridized carbons (Fsp3) is 0.600. The maximum absolute atomic E-state index is 12.5. The molecule has 0 spiro atoms. The molecule has 6 nitrogen and oxygen atoms in total. The van der Waals surface area contributed by atoms with E-state index in [2.05, 4.69) is 10.0 Å². The Morgan fingerprint density at radius 1 is 1.26 bits per heavy atom. The van der Waals surface area contributed by atoms with Crippen molar-refractivity contribution < 1.29 is 16.8 Å². The van der Waals surface area contributed by atoms with E-state index in [-0.39, 0.29) is 9.79 Å². The molecule has 0 amide bonds. The zero-order valence-corrected chi connectivity index (χ0v) is 15.1. The molecule has 8 heteroatoms. The van der Waals surface area contributed by atoms with Crippen LogP contribution in [0.25, 0.3) is 0 Å². The molecule has 130 valence electrons. The fourth-order valence-electron chi connectivity index (χ4n) is 2.75. The molecule has 0 aliphatic carbocycles. The van der Waals surface area contributed by atoms with Crippen molar-refractivity contribution in [2.45, 2.75) is 36.0 Å². The molecule has 1 aliphatic heterocycles. The van der Waals surface area contributed by atoms with E-state index >= 15 is 0 Å². The second kappa shape index (κ2) is 7.29. The summed E-state index contributed by atoms with van der Waals surface area (Å²) in [6.45, 7) is 3.97. The highest BCUT2D eigenvalue weighted by molar-refractivity contribution is 7.91. The van der Waals surface area contributed by atoms with Crippen LogP contribution >= 0.6 is 0 Å². The molecular formula is C15H24N2O4S2.